The number of rotatable bonds is 3. The van der Waals surface area contributed by atoms with Crippen molar-refractivity contribution in [2.24, 2.45) is 5.92 Å². The van der Waals surface area contributed by atoms with E-state index in [1.54, 1.807) is 0 Å². The van der Waals surface area contributed by atoms with Crippen LogP contribution in [0.5, 0.6) is 0 Å². The number of nitrogens with zero attached hydrogens (tertiary/aromatic N) is 2. The average Bonchev–Trinajstić information content (AvgIpc) is 2.39. The van der Waals surface area contributed by atoms with Gasteiger partial charge in [-0.05, 0) is 32.6 Å². The Labute approximate surface area is 90.4 Å². The van der Waals surface area contributed by atoms with Crippen LogP contribution in [0.4, 0.5) is 0 Å². The molecule has 0 unspecified atom stereocenters. The normalized spacial score (nSPS) is 16.9. The van der Waals surface area contributed by atoms with Gasteiger partial charge < -0.3 is 5.11 Å². The molecule has 0 bridgehead atoms. The molecule has 1 saturated carbocycles. The van der Waals surface area contributed by atoms with E-state index in [-0.39, 0.29) is 6.61 Å². The van der Waals surface area contributed by atoms with Crippen molar-refractivity contribution in [1.82, 2.24) is 9.78 Å². The van der Waals surface area contributed by atoms with Crippen molar-refractivity contribution in [3.8, 4) is 0 Å². The van der Waals surface area contributed by atoms with E-state index in [9.17, 15) is 5.11 Å². The lowest BCUT2D eigenvalue weighted by molar-refractivity contribution is 0.279. The van der Waals surface area contributed by atoms with Gasteiger partial charge in [0.1, 0.15) is 0 Å². The minimum Gasteiger partial charge on any atom is -0.392 e. The van der Waals surface area contributed by atoms with Gasteiger partial charge in [-0.25, -0.2) is 0 Å². The third kappa shape index (κ3) is 1.84. The summed E-state index contributed by atoms with van der Waals surface area (Å²) in [5.74, 6) is 0.696. The molecular formula is C12H18N2O. The van der Waals surface area contributed by atoms with Gasteiger partial charge in [0.05, 0.1) is 12.3 Å². The molecule has 82 valence electrons. The molecule has 3 nitrogen and oxygen atoms in total. The predicted octanol–water partition coefficient (Wildman–Crippen LogP) is 1.96. The third-order valence-corrected chi connectivity index (χ3v) is 3.28. The van der Waals surface area contributed by atoms with Crippen LogP contribution in [0.25, 0.3) is 0 Å². The molecule has 2 rings (SSSR count). The second kappa shape index (κ2) is 3.81. The quantitative estimate of drug-likeness (QED) is 0.768. The van der Waals surface area contributed by atoms with E-state index in [0.29, 0.717) is 5.92 Å². The van der Waals surface area contributed by atoms with E-state index in [1.807, 2.05) is 18.5 Å². The van der Waals surface area contributed by atoms with E-state index in [2.05, 4.69) is 11.7 Å². The summed E-state index contributed by atoms with van der Waals surface area (Å²) in [4.78, 5) is 0. The van der Waals surface area contributed by atoms with E-state index in [0.717, 1.165) is 36.3 Å². The molecule has 1 heterocycles. The highest BCUT2D eigenvalue weighted by molar-refractivity contribution is 5.23. The van der Waals surface area contributed by atoms with E-state index in [1.165, 1.54) is 5.57 Å². The van der Waals surface area contributed by atoms with Gasteiger partial charge in [0, 0.05) is 17.8 Å². The molecule has 0 saturated heterocycles. The summed E-state index contributed by atoms with van der Waals surface area (Å²) in [5, 5.41) is 13.6. The molecule has 1 aliphatic rings. The highest BCUT2D eigenvalue weighted by atomic mass is 16.3. The van der Waals surface area contributed by atoms with Gasteiger partial charge >= 0.3 is 0 Å². The Kier molecular flexibility index (Phi) is 2.65. The maximum absolute atomic E-state index is 9.19. The molecule has 1 aromatic rings. The van der Waals surface area contributed by atoms with Crippen molar-refractivity contribution in [2.45, 2.75) is 39.8 Å². The van der Waals surface area contributed by atoms with Crippen LogP contribution >= 0.6 is 0 Å². The van der Waals surface area contributed by atoms with Crippen molar-refractivity contribution in [3.63, 3.8) is 0 Å². The first kappa shape index (κ1) is 10.4. The van der Waals surface area contributed by atoms with Crippen molar-refractivity contribution >= 4 is 0 Å². The highest BCUT2D eigenvalue weighted by Gasteiger charge is 2.23. The van der Waals surface area contributed by atoms with Crippen LogP contribution in [0.15, 0.2) is 12.2 Å². The minimum atomic E-state index is 0.0923. The standard InChI is InChI=1S/C12H18N2O/c1-8-4-11(5-8)6-14-10(3)12(7-15)9(2)13-14/h11,15H,1,4-7H2,2-3H3. The fourth-order valence-corrected chi connectivity index (χ4v) is 2.27. The maximum atomic E-state index is 9.19. The molecule has 1 fully saturated rings. The Morgan fingerprint density at radius 1 is 1.47 bits per heavy atom. The molecule has 15 heavy (non-hydrogen) atoms. The SMILES string of the molecule is C=C1CC(Cn2nc(C)c(CO)c2C)C1. The zero-order valence-electron chi connectivity index (χ0n) is 9.45. The molecule has 3 heteroatoms. The lowest BCUT2D eigenvalue weighted by Gasteiger charge is -2.28. The van der Waals surface area contributed by atoms with Crippen molar-refractivity contribution in [3.05, 3.63) is 29.1 Å². The number of aryl methyl sites for hydroxylation is 1. The molecule has 1 aromatic heterocycles. The largest absolute Gasteiger partial charge is 0.392 e. The lowest BCUT2D eigenvalue weighted by Crippen LogP contribution is -2.21. The average molecular weight is 206 g/mol. The molecule has 0 aliphatic heterocycles. The number of aliphatic hydroxyl groups is 1. The second-order valence-corrected chi connectivity index (χ2v) is 4.51. The summed E-state index contributed by atoms with van der Waals surface area (Å²) in [5.41, 5.74) is 4.39. The third-order valence-electron chi connectivity index (χ3n) is 3.28. The number of allylic oxidation sites excluding steroid dienone is 1. The van der Waals surface area contributed by atoms with E-state index >= 15 is 0 Å². The number of aliphatic hydroxyl groups excluding tert-OH is 1. The first-order valence-electron chi connectivity index (χ1n) is 5.42. The Hall–Kier alpha value is -1.09. The van der Waals surface area contributed by atoms with Crippen LogP contribution in [-0.4, -0.2) is 14.9 Å². The zero-order chi connectivity index (χ0) is 11.0. The number of aromatic nitrogens is 2. The van der Waals surface area contributed by atoms with Gasteiger partial charge in [0.15, 0.2) is 0 Å². The molecule has 0 aromatic carbocycles. The molecule has 1 aliphatic carbocycles. The van der Waals surface area contributed by atoms with Gasteiger partial charge in [0.2, 0.25) is 0 Å². The van der Waals surface area contributed by atoms with E-state index < -0.39 is 0 Å². The molecule has 0 radical (unpaired) electrons. The van der Waals surface area contributed by atoms with Gasteiger partial charge in [-0.15, -0.1) is 0 Å². The van der Waals surface area contributed by atoms with Crippen molar-refractivity contribution in [1.29, 1.82) is 0 Å². The Morgan fingerprint density at radius 2 is 2.13 bits per heavy atom. The number of hydrogen-bond acceptors (Lipinski definition) is 2. The molecular weight excluding hydrogens is 188 g/mol. The van der Waals surface area contributed by atoms with Crippen LogP contribution < -0.4 is 0 Å². The van der Waals surface area contributed by atoms with Crippen LogP contribution in [0.2, 0.25) is 0 Å². The van der Waals surface area contributed by atoms with Crippen molar-refractivity contribution in [2.75, 3.05) is 0 Å². The van der Waals surface area contributed by atoms with Crippen LogP contribution in [0.1, 0.15) is 29.8 Å². The Morgan fingerprint density at radius 3 is 2.60 bits per heavy atom. The van der Waals surface area contributed by atoms with Crippen LogP contribution in [-0.2, 0) is 13.2 Å². The number of hydrogen-bond donors (Lipinski definition) is 1. The minimum absolute atomic E-state index is 0.0923. The van der Waals surface area contributed by atoms with Crippen molar-refractivity contribution < 1.29 is 5.11 Å². The summed E-state index contributed by atoms with van der Waals surface area (Å²) in [6, 6.07) is 0. The smallest absolute Gasteiger partial charge is 0.0718 e. The fraction of sp³-hybridized carbons (Fsp3) is 0.583. The summed E-state index contributed by atoms with van der Waals surface area (Å²) in [6.07, 6.45) is 2.26. The van der Waals surface area contributed by atoms with Crippen LogP contribution in [0, 0.1) is 19.8 Å². The second-order valence-electron chi connectivity index (χ2n) is 4.51. The fourth-order valence-electron chi connectivity index (χ4n) is 2.27. The Bertz CT molecular complexity index is 385. The summed E-state index contributed by atoms with van der Waals surface area (Å²) in [6.45, 7) is 8.98. The summed E-state index contributed by atoms with van der Waals surface area (Å²) in [7, 11) is 0. The predicted molar refractivity (Wildman–Crippen MR) is 59.5 cm³/mol. The van der Waals surface area contributed by atoms with Gasteiger partial charge in [-0.1, -0.05) is 12.2 Å². The molecule has 0 spiro atoms. The molecule has 1 N–H and O–H groups in total. The topological polar surface area (TPSA) is 38.0 Å². The van der Waals surface area contributed by atoms with Gasteiger partial charge in [-0.2, -0.15) is 5.10 Å². The van der Waals surface area contributed by atoms with Crippen LogP contribution in [0.3, 0.4) is 0 Å². The van der Waals surface area contributed by atoms with Gasteiger partial charge in [0.25, 0.3) is 0 Å². The lowest BCUT2D eigenvalue weighted by atomic mass is 9.81. The summed E-state index contributed by atoms with van der Waals surface area (Å²) < 4.78 is 2.03. The van der Waals surface area contributed by atoms with E-state index in [4.69, 9.17) is 0 Å². The molecule has 0 amide bonds. The first-order chi connectivity index (χ1) is 7.11. The first-order valence-corrected chi connectivity index (χ1v) is 5.42. The Balaban J connectivity index is 2.11. The highest BCUT2D eigenvalue weighted by Crippen LogP contribution is 2.33. The molecule has 0 atom stereocenters. The summed E-state index contributed by atoms with van der Waals surface area (Å²) >= 11 is 0. The zero-order valence-corrected chi connectivity index (χ0v) is 9.45. The maximum Gasteiger partial charge on any atom is 0.0718 e. The monoisotopic (exact) mass is 206 g/mol. The van der Waals surface area contributed by atoms with Gasteiger partial charge in [-0.3, -0.25) is 4.68 Å².